The topological polar surface area (TPSA) is 62.9 Å². The molecule has 3 N–H and O–H groups in total. The third-order valence-electron chi connectivity index (χ3n) is 6.67. The maximum Gasteiger partial charge on any atom is 0.243 e. The molecule has 3 aliphatic heterocycles. The number of likely N-dealkylation sites (N-methyl/N-ethyl adjacent to an activating group) is 1. The molecule has 5 rings (SSSR count). The Bertz CT molecular complexity index is 939. The molecular formula is C23H29FN6O. The van der Waals surface area contributed by atoms with Crippen LogP contribution in [0.3, 0.4) is 0 Å². The number of fused-ring (bicyclic) bond motifs is 1. The summed E-state index contributed by atoms with van der Waals surface area (Å²) in [5, 5.41) is 1.39. The van der Waals surface area contributed by atoms with Crippen molar-refractivity contribution in [2.45, 2.75) is 31.5 Å². The lowest BCUT2D eigenvalue weighted by molar-refractivity contribution is -0.121. The van der Waals surface area contributed by atoms with E-state index in [0.717, 1.165) is 37.3 Å². The van der Waals surface area contributed by atoms with Crippen molar-refractivity contribution in [3.8, 4) is 0 Å². The van der Waals surface area contributed by atoms with Crippen LogP contribution in [0.4, 0.5) is 15.8 Å². The lowest BCUT2D eigenvalue weighted by Gasteiger charge is -2.37. The number of halogens is 1. The maximum absolute atomic E-state index is 14.5. The molecule has 0 aromatic heterocycles. The molecule has 164 valence electrons. The van der Waals surface area contributed by atoms with E-state index in [9.17, 15) is 9.18 Å². The molecule has 3 heterocycles. The minimum atomic E-state index is -0.397. The first-order valence-corrected chi connectivity index (χ1v) is 10.9. The van der Waals surface area contributed by atoms with Crippen molar-refractivity contribution in [1.29, 1.82) is 0 Å². The fourth-order valence-corrected chi connectivity index (χ4v) is 4.80. The summed E-state index contributed by atoms with van der Waals surface area (Å²) < 4.78 is 14.5. The van der Waals surface area contributed by atoms with Crippen molar-refractivity contribution in [2.75, 3.05) is 43.1 Å². The second-order valence-corrected chi connectivity index (χ2v) is 8.75. The molecule has 3 aliphatic rings. The van der Waals surface area contributed by atoms with Crippen molar-refractivity contribution in [1.82, 2.24) is 21.2 Å². The lowest BCUT2D eigenvalue weighted by Crippen LogP contribution is -2.60. The van der Waals surface area contributed by atoms with Gasteiger partial charge < -0.3 is 9.80 Å². The number of piperazine rings is 1. The number of amides is 1. The monoisotopic (exact) mass is 424 g/mol. The van der Waals surface area contributed by atoms with E-state index in [1.165, 1.54) is 16.8 Å². The normalized spacial score (nSPS) is 26.9. The maximum atomic E-state index is 14.5. The standard InChI is InChI=1S/C23H29FN6O/c1-15-4-3-5-18(24)23(15)30-20(31)14-19-22(27-30)21(26-25-19)16-6-8-17(9-7-16)29-12-10-28(2)11-13-29/h3-9,19,21-22,25-27H,10-14H2,1-2H3. The van der Waals surface area contributed by atoms with Crippen molar-refractivity contribution in [3.05, 3.63) is 59.4 Å². The molecule has 3 saturated heterocycles. The molecule has 31 heavy (non-hydrogen) atoms. The smallest absolute Gasteiger partial charge is 0.243 e. The number of benzene rings is 2. The summed E-state index contributed by atoms with van der Waals surface area (Å²) in [4.78, 5) is 17.5. The zero-order valence-corrected chi connectivity index (χ0v) is 17.9. The van der Waals surface area contributed by atoms with Gasteiger partial charge in [-0.2, -0.15) is 0 Å². The molecule has 0 radical (unpaired) electrons. The Morgan fingerprint density at radius 1 is 1.00 bits per heavy atom. The van der Waals surface area contributed by atoms with Gasteiger partial charge in [0, 0.05) is 44.3 Å². The molecule has 0 spiro atoms. The average Bonchev–Trinajstić information content (AvgIpc) is 3.17. The molecule has 8 heteroatoms. The van der Waals surface area contributed by atoms with Crippen LogP contribution >= 0.6 is 0 Å². The molecule has 1 amide bonds. The van der Waals surface area contributed by atoms with Gasteiger partial charge in [0.15, 0.2) is 0 Å². The minimum Gasteiger partial charge on any atom is -0.369 e. The van der Waals surface area contributed by atoms with Crippen molar-refractivity contribution in [3.63, 3.8) is 0 Å². The minimum absolute atomic E-state index is 0.0331. The Kier molecular flexibility index (Phi) is 5.39. The number of anilines is 2. The molecule has 7 nitrogen and oxygen atoms in total. The van der Waals surface area contributed by atoms with Crippen molar-refractivity contribution in [2.24, 2.45) is 0 Å². The number of carbonyl (C=O) groups is 1. The van der Waals surface area contributed by atoms with Gasteiger partial charge in [-0.1, -0.05) is 24.3 Å². The van der Waals surface area contributed by atoms with E-state index in [4.69, 9.17) is 0 Å². The summed E-state index contributed by atoms with van der Waals surface area (Å²) in [5.74, 6) is -0.541. The summed E-state index contributed by atoms with van der Waals surface area (Å²) in [6.45, 7) is 6.03. The van der Waals surface area contributed by atoms with Crippen molar-refractivity contribution >= 4 is 17.3 Å². The molecule has 2 aromatic carbocycles. The van der Waals surface area contributed by atoms with E-state index in [0.29, 0.717) is 12.1 Å². The summed E-state index contributed by atoms with van der Waals surface area (Å²) >= 11 is 0. The van der Waals surface area contributed by atoms with E-state index >= 15 is 0 Å². The summed E-state index contributed by atoms with van der Waals surface area (Å²) in [6.07, 6.45) is 0.300. The fourth-order valence-electron chi connectivity index (χ4n) is 4.80. The third-order valence-corrected chi connectivity index (χ3v) is 6.67. The van der Waals surface area contributed by atoms with Gasteiger partial charge in [0.2, 0.25) is 5.91 Å². The van der Waals surface area contributed by atoms with E-state index in [-0.39, 0.29) is 24.0 Å². The van der Waals surface area contributed by atoms with Crippen molar-refractivity contribution < 1.29 is 9.18 Å². The average molecular weight is 425 g/mol. The van der Waals surface area contributed by atoms with Crippen LogP contribution in [0.15, 0.2) is 42.5 Å². The van der Waals surface area contributed by atoms with Gasteiger partial charge in [0.1, 0.15) is 5.82 Å². The molecule has 0 saturated carbocycles. The Hall–Kier alpha value is -2.52. The highest BCUT2D eigenvalue weighted by molar-refractivity contribution is 5.94. The Labute approximate surface area is 182 Å². The lowest BCUT2D eigenvalue weighted by atomic mass is 9.93. The van der Waals surface area contributed by atoms with Crippen LogP contribution in [0.2, 0.25) is 0 Å². The zero-order chi connectivity index (χ0) is 21.5. The van der Waals surface area contributed by atoms with Crippen LogP contribution in [0.25, 0.3) is 0 Å². The van der Waals surface area contributed by atoms with Gasteiger partial charge in [0.25, 0.3) is 0 Å². The quantitative estimate of drug-likeness (QED) is 0.698. The van der Waals surface area contributed by atoms with Crippen LogP contribution < -0.4 is 26.2 Å². The van der Waals surface area contributed by atoms with Gasteiger partial charge in [-0.3, -0.25) is 10.2 Å². The number of hydrazine groups is 2. The number of hydrogen-bond acceptors (Lipinski definition) is 6. The predicted molar refractivity (Wildman–Crippen MR) is 119 cm³/mol. The highest BCUT2D eigenvalue weighted by Crippen LogP contribution is 2.32. The molecular weight excluding hydrogens is 395 g/mol. The molecule has 0 bridgehead atoms. The largest absolute Gasteiger partial charge is 0.369 e. The number of para-hydroxylation sites is 1. The van der Waals surface area contributed by atoms with Gasteiger partial charge in [-0.05, 0) is 43.3 Å². The first-order valence-electron chi connectivity index (χ1n) is 10.9. The summed E-state index contributed by atoms with van der Waals surface area (Å²) in [6, 6.07) is 13.3. The SMILES string of the molecule is Cc1cccc(F)c1N1NC2C(CC1=O)NNC2c1ccc(N2CCN(C)CC2)cc1. The number of rotatable bonds is 3. The van der Waals surface area contributed by atoms with Crippen LogP contribution in [-0.4, -0.2) is 56.1 Å². The molecule has 3 fully saturated rings. The second-order valence-electron chi connectivity index (χ2n) is 8.75. The van der Waals surface area contributed by atoms with Gasteiger partial charge in [0.05, 0.1) is 17.8 Å². The number of hydrogen-bond donors (Lipinski definition) is 3. The number of carbonyl (C=O) groups excluding carboxylic acids is 1. The first kappa shape index (κ1) is 20.4. The first-order chi connectivity index (χ1) is 15.0. The van der Waals surface area contributed by atoms with Gasteiger partial charge in [-0.25, -0.2) is 20.3 Å². The highest BCUT2D eigenvalue weighted by atomic mass is 19.1. The Morgan fingerprint density at radius 3 is 2.45 bits per heavy atom. The van der Waals surface area contributed by atoms with Gasteiger partial charge in [-0.15, -0.1) is 0 Å². The Balaban J connectivity index is 1.35. The second kappa shape index (κ2) is 8.20. The third kappa shape index (κ3) is 3.80. The van der Waals surface area contributed by atoms with Crippen LogP contribution in [-0.2, 0) is 4.79 Å². The summed E-state index contributed by atoms with van der Waals surface area (Å²) in [5.41, 5.74) is 13.3. The number of nitrogens with one attached hydrogen (secondary N) is 3. The van der Waals surface area contributed by atoms with Crippen LogP contribution in [0, 0.1) is 12.7 Å². The molecule has 0 aliphatic carbocycles. The van der Waals surface area contributed by atoms with Gasteiger partial charge >= 0.3 is 0 Å². The van der Waals surface area contributed by atoms with E-state index in [1.54, 1.807) is 6.07 Å². The zero-order valence-electron chi connectivity index (χ0n) is 17.9. The number of aryl methyl sites for hydroxylation is 1. The van der Waals surface area contributed by atoms with E-state index in [2.05, 4.69) is 57.4 Å². The summed E-state index contributed by atoms with van der Waals surface area (Å²) in [7, 11) is 2.16. The van der Waals surface area contributed by atoms with E-state index in [1.807, 2.05) is 13.0 Å². The van der Waals surface area contributed by atoms with Crippen LogP contribution in [0.1, 0.15) is 23.6 Å². The number of nitrogens with zero attached hydrogens (tertiary/aromatic N) is 3. The highest BCUT2D eigenvalue weighted by Gasteiger charge is 2.44. The molecule has 3 atom stereocenters. The molecule has 3 unspecified atom stereocenters. The van der Waals surface area contributed by atoms with Crippen LogP contribution in [0.5, 0.6) is 0 Å². The van der Waals surface area contributed by atoms with E-state index < -0.39 is 5.82 Å². The molecule has 2 aromatic rings. The fraction of sp³-hybridized carbons (Fsp3) is 0.435. The predicted octanol–water partition coefficient (Wildman–Crippen LogP) is 1.71. The Morgan fingerprint density at radius 2 is 1.74 bits per heavy atom.